The van der Waals surface area contributed by atoms with E-state index in [1.54, 1.807) is 0 Å². The Bertz CT molecular complexity index is 1420. The van der Waals surface area contributed by atoms with Gasteiger partial charge in [0.2, 0.25) is 21.8 Å². The molecule has 2 bridgehead atoms. The van der Waals surface area contributed by atoms with Gasteiger partial charge in [0.05, 0.1) is 27.8 Å². The molecule has 0 aromatic heterocycles. The summed E-state index contributed by atoms with van der Waals surface area (Å²) in [6, 6.07) is 5.64. The lowest BCUT2D eigenvalue weighted by atomic mass is 9.34. The largest absolute Gasteiger partial charge is 0.481 e. The fourth-order valence-corrected chi connectivity index (χ4v) is 10.5. The highest BCUT2D eigenvalue weighted by molar-refractivity contribution is 7.89. The molecule has 3 saturated carbocycles. The number of carbonyl (C=O) groups excluding carboxylic acids is 2. The number of fused-ring (bicyclic) bond motifs is 1. The van der Waals surface area contributed by atoms with Gasteiger partial charge in [-0.2, -0.15) is 0 Å². The molecule has 7 rings (SSSR count). The third kappa shape index (κ3) is 3.38. The van der Waals surface area contributed by atoms with E-state index in [9.17, 15) is 27.9 Å². The zero-order chi connectivity index (χ0) is 28.3. The average Bonchev–Trinajstić information content (AvgIpc) is 3.14. The van der Waals surface area contributed by atoms with E-state index < -0.39 is 38.7 Å². The van der Waals surface area contributed by atoms with Crippen LogP contribution in [0.5, 0.6) is 0 Å². The number of hydrogen-bond acceptors (Lipinski definition) is 5. The quantitative estimate of drug-likeness (QED) is 0.420. The third-order valence-corrected chi connectivity index (χ3v) is 12.5. The molecule has 9 heteroatoms. The van der Waals surface area contributed by atoms with Crippen LogP contribution < -0.4 is 10.0 Å². The topological polar surface area (TPSA) is 135 Å². The van der Waals surface area contributed by atoms with E-state index in [-0.39, 0.29) is 45.8 Å². The number of carbonyl (C=O) groups is 3. The van der Waals surface area contributed by atoms with E-state index in [0.29, 0.717) is 18.5 Å². The van der Waals surface area contributed by atoms with Gasteiger partial charge in [-0.3, -0.25) is 19.3 Å². The summed E-state index contributed by atoms with van der Waals surface area (Å²) in [5.41, 5.74) is 0.0882. The number of rotatable bonds is 4. The van der Waals surface area contributed by atoms with E-state index >= 15 is 0 Å². The summed E-state index contributed by atoms with van der Waals surface area (Å²) in [6.07, 6.45) is 7.01. The highest BCUT2D eigenvalue weighted by Gasteiger charge is 2.73. The number of carboxylic acid groups (broad SMARTS) is 1. The summed E-state index contributed by atoms with van der Waals surface area (Å²) in [5, 5.41) is 15.5. The molecule has 1 saturated heterocycles. The van der Waals surface area contributed by atoms with Crippen LogP contribution in [0.4, 0.5) is 5.69 Å². The molecule has 1 aliphatic heterocycles. The van der Waals surface area contributed by atoms with Gasteiger partial charge in [-0.05, 0) is 92.4 Å². The summed E-state index contributed by atoms with van der Waals surface area (Å²) in [5.74, 6) is -1.80. The van der Waals surface area contributed by atoms with Crippen LogP contribution in [0.3, 0.4) is 0 Å². The van der Waals surface area contributed by atoms with E-state index in [4.69, 9.17) is 5.14 Å². The van der Waals surface area contributed by atoms with Gasteiger partial charge in [-0.1, -0.05) is 38.8 Å². The molecular formula is C30H38N2O6S. The molecule has 6 aliphatic rings. The van der Waals surface area contributed by atoms with Crippen LogP contribution in [0.2, 0.25) is 0 Å². The number of carboxylic acids is 1. The maximum absolute atomic E-state index is 14.3. The molecule has 0 unspecified atom stereocenters. The van der Waals surface area contributed by atoms with Crippen LogP contribution >= 0.6 is 0 Å². The summed E-state index contributed by atoms with van der Waals surface area (Å²) in [4.78, 5) is 42.1. The predicted molar refractivity (Wildman–Crippen MR) is 145 cm³/mol. The smallest absolute Gasteiger partial charge is 0.309 e. The van der Waals surface area contributed by atoms with Gasteiger partial charge in [0, 0.05) is 5.41 Å². The number of primary sulfonamides is 1. The minimum Gasteiger partial charge on any atom is -0.481 e. The van der Waals surface area contributed by atoms with Gasteiger partial charge < -0.3 is 5.11 Å². The predicted octanol–water partition coefficient (Wildman–Crippen LogP) is 4.35. The first-order chi connectivity index (χ1) is 18.2. The van der Waals surface area contributed by atoms with Crippen LogP contribution in [-0.2, 0) is 24.4 Å². The zero-order valence-corrected chi connectivity index (χ0v) is 23.8. The molecule has 0 radical (unpaired) electrons. The number of sulfonamides is 1. The maximum Gasteiger partial charge on any atom is 0.309 e. The Morgan fingerprint density at radius 3 is 2.31 bits per heavy atom. The van der Waals surface area contributed by atoms with Crippen molar-refractivity contribution in [3.8, 4) is 0 Å². The summed E-state index contributed by atoms with van der Waals surface area (Å²) in [6.45, 7) is 8.46. The Labute approximate surface area is 230 Å². The van der Waals surface area contributed by atoms with Crippen molar-refractivity contribution < 1.29 is 27.9 Å². The van der Waals surface area contributed by atoms with Crippen molar-refractivity contribution in [2.24, 2.45) is 56.9 Å². The van der Waals surface area contributed by atoms with E-state index in [1.165, 1.54) is 34.7 Å². The standard InChI is InChI=1S/C30H38N2O6S/c1-16(2)20-15-30-13-10-21-28(3,11-5-12-29(21,4)27(35)36)22(30)14-19(20)23-24(30)26(34)32(25(23)33)17-6-8-18(9-7-17)39(31,37)38/h6-9,15-16,19,21-24H,5,10-14H2,1-4H3,(H,35,36)(H2,31,37,38)/t19-,21-,22+,23-,24+,28+,29-,30-/m1/s1. The lowest BCUT2D eigenvalue weighted by molar-refractivity contribution is -0.194. The van der Waals surface area contributed by atoms with Gasteiger partial charge >= 0.3 is 5.97 Å². The monoisotopic (exact) mass is 554 g/mol. The normalized spacial score (nSPS) is 41.2. The second kappa shape index (κ2) is 8.26. The SMILES string of the molecule is CC(C)C1=C[C@]23CC[C@@H]4[C@](C)(CCC[C@@]4(C)C(=O)O)[C@@H]2C[C@H]1[C@H]1C(=O)N(c2ccc(S(N)(=O)=O)cc2)C(=O)[C@H]13. The van der Waals surface area contributed by atoms with E-state index in [1.807, 2.05) is 6.92 Å². The number of anilines is 1. The van der Waals surface area contributed by atoms with Crippen LogP contribution in [-0.4, -0.2) is 31.3 Å². The number of amides is 2. The number of benzene rings is 1. The number of aliphatic carboxylic acids is 1. The van der Waals surface area contributed by atoms with Crippen molar-refractivity contribution in [3.05, 3.63) is 35.9 Å². The van der Waals surface area contributed by atoms with Crippen molar-refractivity contribution in [2.45, 2.75) is 71.1 Å². The van der Waals surface area contributed by atoms with Crippen molar-refractivity contribution in [1.29, 1.82) is 0 Å². The number of imide groups is 1. The van der Waals surface area contributed by atoms with E-state index in [2.05, 4.69) is 26.8 Å². The molecule has 5 aliphatic carbocycles. The molecule has 39 heavy (non-hydrogen) atoms. The van der Waals surface area contributed by atoms with Gasteiger partial charge in [-0.15, -0.1) is 0 Å². The van der Waals surface area contributed by atoms with Gasteiger partial charge in [0.1, 0.15) is 0 Å². The molecule has 1 aromatic rings. The third-order valence-electron chi connectivity index (χ3n) is 11.6. The molecule has 4 fully saturated rings. The Hall–Kier alpha value is -2.52. The number of allylic oxidation sites excluding steroid dienone is 2. The Kier molecular flexibility index (Phi) is 5.65. The first-order valence-electron chi connectivity index (χ1n) is 14.1. The highest BCUT2D eigenvalue weighted by Crippen LogP contribution is 2.74. The Balaban J connectivity index is 1.46. The molecular weight excluding hydrogens is 516 g/mol. The van der Waals surface area contributed by atoms with Crippen molar-refractivity contribution in [1.82, 2.24) is 0 Å². The van der Waals surface area contributed by atoms with Crippen molar-refractivity contribution >= 4 is 33.5 Å². The second-order valence-electron chi connectivity index (χ2n) is 13.5. The number of hydrogen-bond donors (Lipinski definition) is 2. The van der Waals surface area contributed by atoms with Gasteiger partial charge in [0.15, 0.2) is 0 Å². The Morgan fingerprint density at radius 2 is 1.72 bits per heavy atom. The molecule has 210 valence electrons. The number of nitrogens with two attached hydrogens (primary N) is 1. The highest BCUT2D eigenvalue weighted by atomic mass is 32.2. The Morgan fingerprint density at radius 1 is 1.05 bits per heavy atom. The summed E-state index contributed by atoms with van der Waals surface area (Å²) < 4.78 is 23.5. The van der Waals surface area contributed by atoms with Crippen molar-refractivity contribution in [2.75, 3.05) is 4.90 Å². The number of nitrogens with zero attached hydrogens (tertiary/aromatic N) is 1. The first kappa shape index (κ1) is 26.7. The summed E-state index contributed by atoms with van der Waals surface area (Å²) >= 11 is 0. The van der Waals surface area contributed by atoms with Crippen LogP contribution in [0, 0.1) is 51.8 Å². The fourth-order valence-electron chi connectivity index (χ4n) is 10.00. The van der Waals surface area contributed by atoms with Crippen LogP contribution in [0.15, 0.2) is 40.8 Å². The van der Waals surface area contributed by atoms with Crippen LogP contribution in [0.1, 0.15) is 66.2 Å². The average molecular weight is 555 g/mol. The van der Waals surface area contributed by atoms with Crippen molar-refractivity contribution in [3.63, 3.8) is 0 Å². The zero-order valence-electron chi connectivity index (χ0n) is 23.0. The van der Waals surface area contributed by atoms with Gasteiger partial charge in [0.25, 0.3) is 0 Å². The molecule has 8 nitrogen and oxygen atoms in total. The molecule has 1 spiro atoms. The lowest BCUT2D eigenvalue weighted by Gasteiger charge is -2.68. The molecule has 3 N–H and O–H groups in total. The fraction of sp³-hybridized carbons (Fsp3) is 0.633. The minimum atomic E-state index is -3.90. The minimum absolute atomic E-state index is 0.0228. The van der Waals surface area contributed by atoms with Gasteiger partial charge in [-0.25, -0.2) is 13.6 Å². The second-order valence-corrected chi connectivity index (χ2v) is 15.1. The first-order valence-corrected chi connectivity index (χ1v) is 15.7. The molecule has 1 aromatic carbocycles. The maximum atomic E-state index is 14.3. The van der Waals surface area contributed by atoms with Crippen LogP contribution in [0.25, 0.3) is 0 Å². The molecule has 8 atom stereocenters. The summed E-state index contributed by atoms with van der Waals surface area (Å²) in [7, 11) is -3.90. The molecule has 2 amide bonds. The molecule has 1 heterocycles. The lowest BCUT2D eigenvalue weighted by Crippen LogP contribution is -2.65. The van der Waals surface area contributed by atoms with E-state index in [0.717, 1.165) is 25.7 Å².